The number of Topliss-reactive ketones (excluding diaryl/α,β-unsaturated/α-hetero) is 2. The minimum atomic E-state index is -0.629. The number of esters is 1. The van der Waals surface area contributed by atoms with Crippen LogP contribution in [-0.2, 0) is 0 Å². The van der Waals surface area contributed by atoms with Crippen molar-refractivity contribution in [3.63, 3.8) is 0 Å². The van der Waals surface area contributed by atoms with Gasteiger partial charge in [0.25, 0.3) is 0 Å². The van der Waals surface area contributed by atoms with Gasteiger partial charge >= 0.3 is 5.97 Å². The molecule has 5 nitrogen and oxygen atoms in total. The molecule has 3 aromatic carbocycles. The normalized spacial score (nSPS) is 10.4. The molecule has 0 heterocycles. The maximum Gasteiger partial charge on any atom is 0.343 e. The first kappa shape index (κ1) is 21.3. The van der Waals surface area contributed by atoms with Crippen LogP contribution in [0.25, 0.3) is 0 Å². The van der Waals surface area contributed by atoms with E-state index < -0.39 is 5.97 Å². The monoisotopic (exact) mass is 420 g/mol. The predicted molar refractivity (Wildman–Crippen MR) is 115 cm³/mol. The number of ketones is 2. The van der Waals surface area contributed by atoms with E-state index >= 15 is 0 Å². The Hall–Kier alpha value is -3.38. The van der Waals surface area contributed by atoms with Gasteiger partial charge in [0.1, 0.15) is 11.5 Å². The van der Waals surface area contributed by atoms with Crippen molar-refractivity contribution < 1.29 is 23.9 Å². The fraction of sp³-hybridized carbons (Fsp3) is 0.125. The minimum absolute atomic E-state index is 0.157. The molecule has 0 amide bonds. The second-order valence-electron chi connectivity index (χ2n) is 6.55. The zero-order chi connectivity index (χ0) is 21.7. The van der Waals surface area contributed by atoms with Gasteiger partial charge in [-0.3, -0.25) is 9.59 Å². The number of ether oxygens (including phenoxy) is 2. The highest BCUT2D eigenvalue weighted by atomic mass is 32.2. The molecule has 0 bridgehead atoms. The van der Waals surface area contributed by atoms with E-state index in [2.05, 4.69) is 0 Å². The first-order chi connectivity index (χ1) is 14.4. The van der Waals surface area contributed by atoms with Crippen LogP contribution in [0.3, 0.4) is 0 Å². The predicted octanol–water partition coefficient (Wildman–Crippen LogP) is 5.47. The lowest BCUT2D eigenvalue weighted by atomic mass is 10.0. The molecule has 0 atom stereocenters. The zero-order valence-electron chi connectivity index (χ0n) is 16.8. The molecule has 0 aliphatic carbocycles. The molecule has 0 radical (unpaired) electrons. The van der Waals surface area contributed by atoms with Crippen molar-refractivity contribution in [3.05, 3.63) is 83.4 Å². The van der Waals surface area contributed by atoms with Crippen LogP contribution in [-0.4, -0.2) is 24.6 Å². The first-order valence-electron chi connectivity index (χ1n) is 9.17. The Morgan fingerprint density at radius 3 is 1.53 bits per heavy atom. The molecule has 3 aromatic rings. The van der Waals surface area contributed by atoms with Crippen molar-refractivity contribution >= 4 is 29.3 Å². The smallest absolute Gasteiger partial charge is 0.343 e. The molecule has 0 aliphatic heterocycles. The first-order valence-corrected chi connectivity index (χ1v) is 9.98. The molecule has 0 spiro atoms. The van der Waals surface area contributed by atoms with Gasteiger partial charge in [0.05, 0.1) is 12.7 Å². The number of hydrogen-bond donors (Lipinski definition) is 0. The van der Waals surface area contributed by atoms with Gasteiger partial charge in [-0.1, -0.05) is 11.8 Å². The molecule has 30 heavy (non-hydrogen) atoms. The summed E-state index contributed by atoms with van der Waals surface area (Å²) in [6.45, 7) is 2.77. The maximum atomic E-state index is 12.5. The van der Waals surface area contributed by atoms with E-state index in [4.69, 9.17) is 9.47 Å². The van der Waals surface area contributed by atoms with Crippen molar-refractivity contribution in [3.8, 4) is 11.5 Å². The summed E-state index contributed by atoms with van der Waals surface area (Å²) in [6, 6.07) is 19.2. The second-order valence-corrected chi connectivity index (χ2v) is 7.70. The Kier molecular flexibility index (Phi) is 6.69. The lowest BCUT2D eigenvalue weighted by molar-refractivity contribution is 0.0734. The van der Waals surface area contributed by atoms with Crippen LogP contribution in [0.4, 0.5) is 0 Å². The third kappa shape index (κ3) is 5.36. The van der Waals surface area contributed by atoms with Gasteiger partial charge in [-0.15, -0.1) is 0 Å². The zero-order valence-corrected chi connectivity index (χ0v) is 17.6. The standard InChI is InChI=1S/C24H20O5S/c1-15(25)17-12-18(16(2)26)14-19(13-17)24(27)29-21-6-10-23(11-7-21)30-22-8-4-20(28-3)5-9-22/h4-14H,1-3H3. The van der Waals surface area contributed by atoms with Gasteiger partial charge in [0.15, 0.2) is 11.6 Å². The third-order valence-electron chi connectivity index (χ3n) is 4.31. The van der Waals surface area contributed by atoms with Gasteiger partial charge in [-0.25, -0.2) is 4.79 Å². The molecule has 6 heteroatoms. The molecule has 0 saturated heterocycles. The van der Waals surface area contributed by atoms with Gasteiger partial charge in [-0.05, 0) is 80.6 Å². The summed E-state index contributed by atoms with van der Waals surface area (Å²) < 4.78 is 10.6. The molecule has 0 fully saturated rings. The van der Waals surface area contributed by atoms with Crippen LogP contribution in [0.5, 0.6) is 11.5 Å². The number of benzene rings is 3. The van der Waals surface area contributed by atoms with Crippen LogP contribution in [0, 0.1) is 0 Å². The molecule has 0 aromatic heterocycles. The second kappa shape index (κ2) is 9.41. The van der Waals surface area contributed by atoms with Crippen molar-refractivity contribution in [2.75, 3.05) is 7.11 Å². The van der Waals surface area contributed by atoms with E-state index in [0.29, 0.717) is 16.9 Å². The molecular formula is C24H20O5S. The summed E-state index contributed by atoms with van der Waals surface area (Å²) in [5.74, 6) is 0.0790. The number of carbonyl (C=O) groups is 3. The topological polar surface area (TPSA) is 69.7 Å². The molecular weight excluding hydrogens is 400 g/mol. The van der Waals surface area contributed by atoms with Crippen LogP contribution < -0.4 is 9.47 Å². The summed E-state index contributed by atoms with van der Waals surface area (Å²) in [5.41, 5.74) is 0.742. The van der Waals surface area contributed by atoms with E-state index in [0.717, 1.165) is 15.5 Å². The fourth-order valence-electron chi connectivity index (χ4n) is 2.67. The quantitative estimate of drug-likeness (QED) is 0.287. The fourth-order valence-corrected chi connectivity index (χ4v) is 3.49. The highest BCUT2D eigenvalue weighted by Gasteiger charge is 2.15. The highest BCUT2D eigenvalue weighted by Crippen LogP contribution is 2.30. The highest BCUT2D eigenvalue weighted by molar-refractivity contribution is 7.99. The van der Waals surface area contributed by atoms with Crippen LogP contribution >= 0.6 is 11.8 Å². The molecule has 0 saturated carbocycles. The summed E-state index contributed by atoms with van der Waals surface area (Å²) in [7, 11) is 1.62. The van der Waals surface area contributed by atoms with Crippen LogP contribution in [0.1, 0.15) is 44.9 Å². The number of carbonyl (C=O) groups excluding carboxylic acids is 3. The van der Waals surface area contributed by atoms with Crippen LogP contribution in [0.2, 0.25) is 0 Å². The molecule has 0 aliphatic rings. The van der Waals surface area contributed by atoms with Crippen molar-refractivity contribution in [2.45, 2.75) is 23.6 Å². The van der Waals surface area contributed by atoms with Gasteiger partial charge in [0.2, 0.25) is 0 Å². The van der Waals surface area contributed by atoms with E-state index in [1.807, 2.05) is 36.4 Å². The van der Waals surface area contributed by atoms with E-state index in [1.165, 1.54) is 32.0 Å². The van der Waals surface area contributed by atoms with Crippen molar-refractivity contribution in [1.29, 1.82) is 0 Å². The van der Waals surface area contributed by atoms with Crippen molar-refractivity contribution in [1.82, 2.24) is 0 Å². The average molecular weight is 420 g/mol. The van der Waals surface area contributed by atoms with Crippen molar-refractivity contribution in [2.24, 2.45) is 0 Å². The Bertz CT molecular complexity index is 1050. The Morgan fingerprint density at radius 2 is 1.10 bits per heavy atom. The maximum absolute atomic E-state index is 12.5. The lowest BCUT2D eigenvalue weighted by Gasteiger charge is -2.08. The van der Waals surface area contributed by atoms with E-state index in [1.54, 1.807) is 31.0 Å². The third-order valence-corrected chi connectivity index (χ3v) is 5.33. The number of hydrogen-bond acceptors (Lipinski definition) is 6. The Balaban J connectivity index is 1.72. The lowest BCUT2D eigenvalue weighted by Crippen LogP contribution is -2.11. The number of rotatable bonds is 7. The summed E-state index contributed by atoms with van der Waals surface area (Å²) in [4.78, 5) is 38.0. The van der Waals surface area contributed by atoms with E-state index in [-0.39, 0.29) is 17.1 Å². The Labute approximate surface area is 179 Å². The van der Waals surface area contributed by atoms with Gasteiger partial charge in [0, 0.05) is 20.9 Å². The van der Waals surface area contributed by atoms with Crippen LogP contribution in [0.15, 0.2) is 76.5 Å². The SMILES string of the molecule is COc1ccc(Sc2ccc(OC(=O)c3cc(C(C)=O)cc(C(C)=O)c3)cc2)cc1. The van der Waals surface area contributed by atoms with Gasteiger partial charge in [-0.2, -0.15) is 0 Å². The minimum Gasteiger partial charge on any atom is -0.497 e. The largest absolute Gasteiger partial charge is 0.497 e. The number of methoxy groups -OCH3 is 1. The van der Waals surface area contributed by atoms with Gasteiger partial charge < -0.3 is 9.47 Å². The summed E-state index contributed by atoms with van der Waals surface area (Å²) in [6.07, 6.45) is 0. The molecule has 0 unspecified atom stereocenters. The average Bonchev–Trinajstić information content (AvgIpc) is 2.75. The summed E-state index contributed by atoms with van der Waals surface area (Å²) in [5, 5.41) is 0. The molecule has 0 N–H and O–H groups in total. The molecule has 152 valence electrons. The molecule has 3 rings (SSSR count). The van der Waals surface area contributed by atoms with E-state index in [9.17, 15) is 14.4 Å². The summed E-state index contributed by atoms with van der Waals surface area (Å²) >= 11 is 1.57. The Morgan fingerprint density at radius 1 is 0.667 bits per heavy atom.